The van der Waals surface area contributed by atoms with E-state index in [1.165, 1.54) is 11.3 Å². The highest BCUT2D eigenvalue weighted by atomic mass is 32.1. The average molecular weight is 444 g/mol. The summed E-state index contributed by atoms with van der Waals surface area (Å²) in [7, 11) is 0. The number of hydrogen-bond acceptors (Lipinski definition) is 5. The Hall–Kier alpha value is -3.97. The first-order valence-electron chi connectivity index (χ1n) is 10.0. The first-order valence-corrected chi connectivity index (χ1v) is 10.9. The smallest absolute Gasteiger partial charge is 0.261 e. The van der Waals surface area contributed by atoms with Crippen molar-refractivity contribution in [1.82, 2.24) is 10.3 Å². The number of ether oxygens (including phenoxy) is 1. The second-order valence-corrected chi connectivity index (χ2v) is 7.94. The van der Waals surface area contributed by atoms with E-state index in [0.29, 0.717) is 35.0 Å². The molecule has 0 atom stereocenters. The Morgan fingerprint density at radius 3 is 2.53 bits per heavy atom. The Labute approximate surface area is 189 Å². The molecule has 2 N–H and O–H groups in total. The third-order valence-electron chi connectivity index (χ3n) is 4.63. The Kier molecular flexibility index (Phi) is 6.89. The molecule has 2 amide bonds. The Balaban J connectivity index is 1.31. The number of benzene rings is 2. The molecular formula is C25H21N3O3S. The van der Waals surface area contributed by atoms with Gasteiger partial charge in [0, 0.05) is 41.8 Å². The van der Waals surface area contributed by atoms with Gasteiger partial charge in [-0.05, 0) is 47.3 Å². The molecule has 0 spiro atoms. The zero-order valence-electron chi connectivity index (χ0n) is 17.2. The molecule has 2 heterocycles. The third-order valence-corrected chi connectivity index (χ3v) is 5.50. The van der Waals surface area contributed by atoms with Crippen molar-refractivity contribution in [1.29, 1.82) is 0 Å². The normalized spacial score (nSPS) is 10.4. The Morgan fingerprint density at radius 1 is 0.906 bits per heavy atom. The molecule has 2 aromatic carbocycles. The molecule has 4 aromatic rings. The van der Waals surface area contributed by atoms with Crippen LogP contribution in [0, 0.1) is 0 Å². The van der Waals surface area contributed by atoms with Gasteiger partial charge in [0.15, 0.2) is 0 Å². The van der Waals surface area contributed by atoms with Crippen molar-refractivity contribution in [2.75, 3.05) is 5.32 Å². The van der Waals surface area contributed by atoms with Crippen LogP contribution in [0.15, 0.2) is 90.6 Å². The Bertz CT molecular complexity index is 1180. The Morgan fingerprint density at radius 2 is 1.78 bits per heavy atom. The number of amides is 2. The van der Waals surface area contributed by atoms with Crippen LogP contribution in [0.4, 0.5) is 5.69 Å². The van der Waals surface area contributed by atoms with Crippen LogP contribution in [0.2, 0.25) is 0 Å². The fraction of sp³-hybridized carbons (Fsp3) is 0.0800. The van der Waals surface area contributed by atoms with Gasteiger partial charge in [-0.15, -0.1) is 11.3 Å². The van der Waals surface area contributed by atoms with Gasteiger partial charge in [0.05, 0.1) is 4.88 Å². The fourth-order valence-corrected chi connectivity index (χ4v) is 3.61. The predicted molar refractivity (Wildman–Crippen MR) is 125 cm³/mol. The topological polar surface area (TPSA) is 80.3 Å². The lowest BCUT2D eigenvalue weighted by Crippen LogP contribution is -2.21. The number of anilines is 1. The standard InChI is InChI=1S/C25H21N3O3S/c29-24(20-10-8-18(9-11-20)16-27-25(30)23-7-3-13-32-23)28-21-5-1-6-22(14-21)31-17-19-4-2-12-26-15-19/h1-15H,16-17H2,(H,27,30)(H,28,29). The maximum Gasteiger partial charge on any atom is 0.261 e. The number of thiophene rings is 1. The molecule has 0 radical (unpaired) electrons. The van der Waals surface area contributed by atoms with Gasteiger partial charge in [0.1, 0.15) is 12.4 Å². The van der Waals surface area contributed by atoms with E-state index in [4.69, 9.17) is 4.74 Å². The van der Waals surface area contributed by atoms with Crippen LogP contribution in [-0.2, 0) is 13.2 Å². The van der Waals surface area contributed by atoms with Crippen molar-refractivity contribution < 1.29 is 14.3 Å². The lowest BCUT2D eigenvalue weighted by atomic mass is 10.1. The summed E-state index contributed by atoms with van der Waals surface area (Å²) in [6.45, 7) is 0.796. The van der Waals surface area contributed by atoms with Crippen LogP contribution in [0.1, 0.15) is 31.2 Å². The largest absolute Gasteiger partial charge is 0.489 e. The van der Waals surface area contributed by atoms with Crippen molar-refractivity contribution in [2.24, 2.45) is 0 Å². The summed E-state index contributed by atoms with van der Waals surface area (Å²) >= 11 is 1.40. The summed E-state index contributed by atoms with van der Waals surface area (Å²) in [4.78, 5) is 29.4. The molecule has 0 bridgehead atoms. The number of aromatic nitrogens is 1. The first kappa shape index (κ1) is 21.3. The predicted octanol–water partition coefficient (Wildman–Crippen LogP) is 4.90. The van der Waals surface area contributed by atoms with Crippen molar-refractivity contribution in [3.63, 3.8) is 0 Å². The summed E-state index contributed by atoms with van der Waals surface area (Å²) < 4.78 is 5.78. The van der Waals surface area contributed by atoms with Crippen LogP contribution in [-0.4, -0.2) is 16.8 Å². The maximum absolute atomic E-state index is 12.6. The van der Waals surface area contributed by atoms with E-state index in [1.807, 2.05) is 53.9 Å². The van der Waals surface area contributed by atoms with E-state index < -0.39 is 0 Å². The van der Waals surface area contributed by atoms with Crippen molar-refractivity contribution in [3.8, 4) is 5.75 Å². The minimum absolute atomic E-state index is 0.104. The van der Waals surface area contributed by atoms with E-state index in [0.717, 1.165) is 11.1 Å². The second-order valence-electron chi connectivity index (χ2n) is 6.99. The monoisotopic (exact) mass is 443 g/mol. The zero-order chi connectivity index (χ0) is 22.2. The van der Waals surface area contributed by atoms with Crippen LogP contribution in [0.25, 0.3) is 0 Å². The molecular weight excluding hydrogens is 422 g/mol. The van der Waals surface area contributed by atoms with E-state index >= 15 is 0 Å². The first-order chi connectivity index (χ1) is 15.7. The molecule has 0 aliphatic rings. The summed E-state index contributed by atoms with van der Waals surface area (Å²) in [6, 6.07) is 21.8. The van der Waals surface area contributed by atoms with Gasteiger partial charge in [-0.2, -0.15) is 0 Å². The summed E-state index contributed by atoms with van der Waals surface area (Å²) in [6.07, 6.45) is 3.47. The molecule has 4 rings (SSSR count). The fourth-order valence-electron chi connectivity index (χ4n) is 2.97. The number of carbonyl (C=O) groups excluding carboxylic acids is 2. The molecule has 160 valence electrons. The third kappa shape index (κ3) is 5.80. The van der Waals surface area contributed by atoms with Gasteiger partial charge >= 0.3 is 0 Å². The molecule has 0 unspecified atom stereocenters. The summed E-state index contributed by atoms with van der Waals surface area (Å²) in [5.41, 5.74) is 3.05. The highest BCUT2D eigenvalue weighted by molar-refractivity contribution is 7.12. The van der Waals surface area contributed by atoms with Gasteiger partial charge < -0.3 is 15.4 Å². The van der Waals surface area contributed by atoms with Crippen molar-refractivity contribution in [3.05, 3.63) is 112 Å². The molecule has 2 aromatic heterocycles. The highest BCUT2D eigenvalue weighted by Crippen LogP contribution is 2.19. The zero-order valence-corrected chi connectivity index (χ0v) is 18.0. The lowest BCUT2D eigenvalue weighted by molar-refractivity contribution is 0.0953. The molecule has 32 heavy (non-hydrogen) atoms. The van der Waals surface area contributed by atoms with Gasteiger partial charge in [0.25, 0.3) is 11.8 Å². The molecule has 0 saturated heterocycles. The maximum atomic E-state index is 12.6. The van der Waals surface area contributed by atoms with E-state index in [-0.39, 0.29) is 11.8 Å². The highest BCUT2D eigenvalue weighted by Gasteiger charge is 2.09. The summed E-state index contributed by atoms with van der Waals surface area (Å²) in [5.74, 6) is 0.333. The van der Waals surface area contributed by atoms with E-state index in [9.17, 15) is 9.59 Å². The minimum Gasteiger partial charge on any atom is -0.489 e. The lowest BCUT2D eigenvalue weighted by Gasteiger charge is -2.10. The molecule has 0 aliphatic carbocycles. The van der Waals surface area contributed by atoms with Gasteiger partial charge in [-0.3, -0.25) is 14.6 Å². The van der Waals surface area contributed by atoms with Gasteiger partial charge in [0.2, 0.25) is 0 Å². The number of nitrogens with one attached hydrogen (secondary N) is 2. The van der Waals surface area contributed by atoms with Crippen LogP contribution >= 0.6 is 11.3 Å². The van der Waals surface area contributed by atoms with E-state index in [1.54, 1.807) is 36.7 Å². The SMILES string of the molecule is O=C(Nc1cccc(OCc2cccnc2)c1)c1ccc(CNC(=O)c2cccs2)cc1. The van der Waals surface area contributed by atoms with Gasteiger partial charge in [-0.1, -0.05) is 30.3 Å². The van der Waals surface area contributed by atoms with Crippen LogP contribution < -0.4 is 15.4 Å². The number of rotatable bonds is 8. The second kappa shape index (κ2) is 10.4. The quantitative estimate of drug-likeness (QED) is 0.406. The summed E-state index contributed by atoms with van der Waals surface area (Å²) in [5, 5.41) is 7.62. The minimum atomic E-state index is -0.219. The van der Waals surface area contributed by atoms with E-state index in [2.05, 4.69) is 15.6 Å². The van der Waals surface area contributed by atoms with Crippen LogP contribution in [0.5, 0.6) is 5.75 Å². The van der Waals surface area contributed by atoms with Gasteiger partial charge in [-0.25, -0.2) is 0 Å². The molecule has 0 saturated carbocycles. The van der Waals surface area contributed by atoms with Crippen molar-refractivity contribution in [2.45, 2.75) is 13.2 Å². The molecule has 6 nitrogen and oxygen atoms in total. The van der Waals surface area contributed by atoms with Crippen LogP contribution in [0.3, 0.4) is 0 Å². The van der Waals surface area contributed by atoms with Crippen molar-refractivity contribution >= 4 is 28.8 Å². The number of carbonyl (C=O) groups is 2. The molecule has 0 aliphatic heterocycles. The molecule has 7 heteroatoms. The average Bonchev–Trinajstić information content (AvgIpc) is 3.38. The number of pyridine rings is 1. The number of nitrogens with zero attached hydrogens (tertiary/aromatic N) is 1. The molecule has 0 fully saturated rings. The number of hydrogen-bond donors (Lipinski definition) is 2.